The van der Waals surface area contributed by atoms with Crippen LogP contribution in [0, 0.1) is 18.3 Å². The van der Waals surface area contributed by atoms with Gasteiger partial charge in [0, 0.05) is 31.7 Å². The van der Waals surface area contributed by atoms with E-state index in [2.05, 4.69) is 21.5 Å². The molecule has 2 aliphatic rings. The highest BCUT2D eigenvalue weighted by molar-refractivity contribution is 5.78. The Morgan fingerprint density at radius 1 is 1.36 bits per heavy atom. The molecule has 7 heteroatoms. The molecule has 0 aromatic rings. The molecule has 1 amide bonds. The van der Waals surface area contributed by atoms with Crippen molar-refractivity contribution in [2.75, 3.05) is 26.2 Å². The zero-order valence-electron chi connectivity index (χ0n) is 12.6. The van der Waals surface area contributed by atoms with Gasteiger partial charge in [0.15, 0.2) is 5.66 Å². The van der Waals surface area contributed by atoms with Gasteiger partial charge >= 0.3 is 0 Å². The normalized spacial score (nSPS) is 20.8. The van der Waals surface area contributed by atoms with Crippen LogP contribution in [0.2, 0.25) is 0 Å². The fourth-order valence-corrected chi connectivity index (χ4v) is 2.77. The lowest BCUT2D eigenvalue weighted by Gasteiger charge is -2.30. The smallest absolute Gasteiger partial charge is 0.251 e. The molecule has 1 N–H and O–H groups in total. The van der Waals surface area contributed by atoms with Crippen molar-refractivity contribution in [1.82, 2.24) is 10.2 Å². The van der Waals surface area contributed by atoms with Gasteiger partial charge in [-0.1, -0.05) is 0 Å². The third-order valence-electron chi connectivity index (χ3n) is 4.23. The molecule has 1 saturated heterocycles. The van der Waals surface area contributed by atoms with Crippen LogP contribution in [-0.2, 0) is 4.79 Å². The monoisotopic (exact) mass is 312 g/mol. The van der Waals surface area contributed by atoms with Crippen molar-refractivity contribution in [3.63, 3.8) is 0 Å². The van der Waals surface area contributed by atoms with Gasteiger partial charge in [0.1, 0.15) is 0 Å². The molecule has 0 unspecified atom stereocenters. The Bertz CT molecular complexity index is 447. The zero-order valence-corrected chi connectivity index (χ0v) is 12.6. The zero-order chi connectivity index (χ0) is 16.0. The van der Waals surface area contributed by atoms with Gasteiger partial charge in [0.2, 0.25) is 5.91 Å². The summed E-state index contributed by atoms with van der Waals surface area (Å²) in [5.41, 5.74) is -0.375. The SMILES string of the molecule is C#CCCC1(CCNC(=O)C2CCN(CC(F)F)CC2)N=N1. The minimum absolute atomic E-state index is 0.00412. The van der Waals surface area contributed by atoms with Crippen molar-refractivity contribution < 1.29 is 13.6 Å². The summed E-state index contributed by atoms with van der Waals surface area (Å²) in [7, 11) is 0. The minimum Gasteiger partial charge on any atom is -0.356 e. The van der Waals surface area contributed by atoms with Crippen molar-refractivity contribution in [3.8, 4) is 12.3 Å². The van der Waals surface area contributed by atoms with Crippen LogP contribution in [-0.4, -0.2) is 49.1 Å². The molecule has 0 aliphatic carbocycles. The molecule has 122 valence electrons. The highest BCUT2D eigenvalue weighted by Crippen LogP contribution is 2.36. The van der Waals surface area contributed by atoms with Gasteiger partial charge in [0.25, 0.3) is 6.43 Å². The third-order valence-corrected chi connectivity index (χ3v) is 4.23. The van der Waals surface area contributed by atoms with Crippen LogP contribution >= 0.6 is 0 Å². The number of likely N-dealkylation sites (tertiary alicyclic amines) is 1. The predicted molar refractivity (Wildman–Crippen MR) is 78.4 cm³/mol. The average Bonchev–Trinajstić information content (AvgIpc) is 3.25. The van der Waals surface area contributed by atoms with Crippen molar-refractivity contribution in [1.29, 1.82) is 0 Å². The minimum atomic E-state index is -2.31. The van der Waals surface area contributed by atoms with Gasteiger partial charge in [-0.2, -0.15) is 10.2 Å². The molecule has 0 aromatic heterocycles. The average molecular weight is 312 g/mol. The quantitative estimate of drug-likeness (QED) is 0.697. The van der Waals surface area contributed by atoms with E-state index in [1.54, 1.807) is 4.90 Å². The maximum Gasteiger partial charge on any atom is 0.251 e. The number of alkyl halides is 2. The highest BCUT2D eigenvalue weighted by atomic mass is 19.3. The summed E-state index contributed by atoms with van der Waals surface area (Å²) in [5, 5.41) is 10.9. The van der Waals surface area contributed by atoms with E-state index in [4.69, 9.17) is 6.42 Å². The number of piperidine rings is 1. The van der Waals surface area contributed by atoms with E-state index in [-0.39, 0.29) is 24.0 Å². The third kappa shape index (κ3) is 5.02. The molecule has 2 rings (SSSR count). The molecule has 0 aromatic carbocycles. The number of halogens is 2. The maximum atomic E-state index is 12.3. The van der Waals surface area contributed by atoms with Crippen LogP contribution in [0.15, 0.2) is 10.2 Å². The summed E-state index contributed by atoms with van der Waals surface area (Å²) in [6, 6.07) is 0. The lowest BCUT2D eigenvalue weighted by molar-refractivity contribution is -0.126. The lowest BCUT2D eigenvalue weighted by atomic mass is 9.95. The first kappa shape index (κ1) is 16.8. The van der Waals surface area contributed by atoms with E-state index < -0.39 is 6.43 Å². The number of amides is 1. The number of nitrogens with one attached hydrogen (secondary N) is 1. The first-order chi connectivity index (χ1) is 10.5. The van der Waals surface area contributed by atoms with E-state index in [0.29, 0.717) is 45.3 Å². The summed E-state index contributed by atoms with van der Waals surface area (Å²) < 4.78 is 24.6. The van der Waals surface area contributed by atoms with Crippen LogP contribution in [0.4, 0.5) is 8.78 Å². The van der Waals surface area contributed by atoms with Gasteiger partial charge in [-0.3, -0.25) is 9.69 Å². The van der Waals surface area contributed by atoms with Crippen molar-refractivity contribution in [2.24, 2.45) is 16.1 Å². The van der Waals surface area contributed by atoms with Crippen LogP contribution in [0.3, 0.4) is 0 Å². The topological polar surface area (TPSA) is 57.1 Å². The second kappa shape index (κ2) is 7.63. The molecular weight excluding hydrogens is 290 g/mol. The molecule has 22 heavy (non-hydrogen) atoms. The number of rotatable bonds is 8. The number of terminal acetylenes is 1. The predicted octanol–water partition coefficient (Wildman–Crippen LogP) is 2.05. The number of carbonyl (C=O) groups is 1. The summed E-state index contributed by atoms with van der Waals surface area (Å²) >= 11 is 0. The Labute approximate surface area is 129 Å². The Balaban J connectivity index is 1.61. The molecule has 5 nitrogen and oxygen atoms in total. The Kier molecular flexibility index (Phi) is 5.83. The Morgan fingerprint density at radius 2 is 2.05 bits per heavy atom. The number of hydrogen-bond acceptors (Lipinski definition) is 4. The summed E-state index contributed by atoms with van der Waals surface area (Å²) in [5.74, 6) is 2.49. The van der Waals surface area contributed by atoms with E-state index in [1.807, 2.05) is 0 Å². The first-order valence-electron chi connectivity index (χ1n) is 7.70. The number of hydrogen-bond donors (Lipinski definition) is 1. The second-order valence-corrected chi connectivity index (χ2v) is 5.89. The molecule has 0 spiro atoms. The van der Waals surface area contributed by atoms with E-state index in [0.717, 1.165) is 6.42 Å². The molecule has 0 saturated carbocycles. The van der Waals surface area contributed by atoms with Crippen molar-refractivity contribution in [2.45, 2.75) is 44.2 Å². The summed E-state index contributed by atoms with van der Waals surface area (Å²) in [6.45, 7) is 1.43. The van der Waals surface area contributed by atoms with Crippen molar-refractivity contribution in [3.05, 3.63) is 0 Å². The summed E-state index contributed by atoms with van der Waals surface area (Å²) in [6.07, 6.45) is 6.21. The molecule has 2 heterocycles. The highest BCUT2D eigenvalue weighted by Gasteiger charge is 2.38. The van der Waals surface area contributed by atoms with E-state index >= 15 is 0 Å². The molecule has 1 fully saturated rings. The Morgan fingerprint density at radius 3 is 2.59 bits per heavy atom. The molecule has 0 radical (unpaired) electrons. The first-order valence-corrected chi connectivity index (χ1v) is 7.70. The fourth-order valence-electron chi connectivity index (χ4n) is 2.77. The fraction of sp³-hybridized carbons (Fsp3) is 0.800. The molecule has 0 bridgehead atoms. The number of nitrogens with zero attached hydrogens (tertiary/aromatic N) is 3. The Hall–Kier alpha value is -1.55. The molecule has 0 atom stereocenters. The molecule has 2 aliphatic heterocycles. The van der Waals surface area contributed by atoms with Crippen LogP contribution < -0.4 is 5.32 Å². The summed E-state index contributed by atoms with van der Waals surface area (Å²) in [4.78, 5) is 13.8. The van der Waals surface area contributed by atoms with Crippen LogP contribution in [0.5, 0.6) is 0 Å². The van der Waals surface area contributed by atoms with Crippen LogP contribution in [0.25, 0.3) is 0 Å². The van der Waals surface area contributed by atoms with E-state index in [9.17, 15) is 13.6 Å². The largest absolute Gasteiger partial charge is 0.356 e. The second-order valence-electron chi connectivity index (χ2n) is 5.89. The lowest BCUT2D eigenvalue weighted by Crippen LogP contribution is -2.42. The van der Waals surface area contributed by atoms with Crippen molar-refractivity contribution >= 4 is 5.91 Å². The maximum absolute atomic E-state index is 12.3. The van der Waals surface area contributed by atoms with Gasteiger partial charge in [-0.15, -0.1) is 12.3 Å². The number of carbonyl (C=O) groups excluding carboxylic acids is 1. The molecular formula is C15H22F2N4O. The van der Waals surface area contributed by atoms with Gasteiger partial charge in [0.05, 0.1) is 6.54 Å². The van der Waals surface area contributed by atoms with Crippen LogP contribution in [0.1, 0.15) is 32.1 Å². The van der Waals surface area contributed by atoms with Gasteiger partial charge in [-0.05, 0) is 25.9 Å². The van der Waals surface area contributed by atoms with E-state index in [1.165, 1.54) is 0 Å². The van der Waals surface area contributed by atoms with Gasteiger partial charge in [-0.25, -0.2) is 8.78 Å². The standard InChI is InChI=1S/C15H22F2N4O/c1-2-3-6-15(19-20-15)7-8-18-14(22)12-4-9-21(10-5-12)11-13(16)17/h1,12-13H,3-11H2,(H,18,22). The van der Waals surface area contributed by atoms with Gasteiger partial charge < -0.3 is 5.32 Å².